The number of para-hydroxylation sites is 2. The minimum Gasteiger partial charge on any atom is -0.379 e. The Morgan fingerprint density at radius 1 is 1.09 bits per heavy atom. The summed E-state index contributed by atoms with van der Waals surface area (Å²) in [6.45, 7) is 2.08. The van der Waals surface area contributed by atoms with E-state index in [0.717, 1.165) is 28.9 Å². The summed E-state index contributed by atoms with van der Waals surface area (Å²) in [7, 11) is 0. The second-order valence-electron chi connectivity index (χ2n) is 4.86. The van der Waals surface area contributed by atoms with Crippen molar-refractivity contribution in [2.24, 2.45) is 0 Å². The Labute approximate surface area is 152 Å². The van der Waals surface area contributed by atoms with E-state index < -0.39 is 0 Å². The van der Waals surface area contributed by atoms with E-state index in [0.29, 0.717) is 18.2 Å². The molecule has 3 nitrogen and oxygen atoms in total. The van der Waals surface area contributed by atoms with E-state index in [1.165, 1.54) is 24.3 Å². The van der Waals surface area contributed by atoms with Crippen LogP contribution in [0.2, 0.25) is 5.02 Å². The molecule has 0 saturated carbocycles. The summed E-state index contributed by atoms with van der Waals surface area (Å²) in [5, 5.41) is 1.22. The molecule has 1 aliphatic heterocycles. The number of anilines is 3. The molecule has 2 aromatic carbocycles. The third kappa shape index (κ3) is 3.76. The van der Waals surface area contributed by atoms with Crippen LogP contribution in [0.4, 0.5) is 21.5 Å². The lowest BCUT2D eigenvalue weighted by Gasteiger charge is -2.20. The predicted molar refractivity (Wildman–Crippen MR) is 99.5 cm³/mol. The number of rotatable bonds is 6. The van der Waals surface area contributed by atoms with Gasteiger partial charge in [0.1, 0.15) is 5.82 Å². The molecule has 1 aliphatic rings. The molecule has 0 bridgehead atoms. The zero-order chi connectivity index (χ0) is 16.2. The van der Waals surface area contributed by atoms with Crippen LogP contribution in [0, 0.1) is 5.82 Å². The fraction of sp³-hybridized carbons (Fsp3) is 0.250. The fourth-order valence-electron chi connectivity index (χ4n) is 2.32. The molecule has 0 N–H and O–H groups in total. The van der Waals surface area contributed by atoms with Crippen LogP contribution >= 0.6 is 39.7 Å². The molecule has 3 rings (SSSR count). The summed E-state index contributed by atoms with van der Waals surface area (Å²) in [4.78, 5) is 0. The number of ether oxygens (including phenoxy) is 1. The monoisotopic (exact) mass is 416 g/mol. The third-order valence-electron chi connectivity index (χ3n) is 3.34. The van der Waals surface area contributed by atoms with Gasteiger partial charge in [0.05, 0.1) is 54.0 Å². The summed E-state index contributed by atoms with van der Waals surface area (Å²) in [5.41, 5.74) is 2.90. The maximum atomic E-state index is 13.3. The highest BCUT2D eigenvalue weighted by Gasteiger charge is 2.29. The number of alkyl halides is 1. The molecule has 0 atom stereocenters. The first-order valence-electron chi connectivity index (χ1n) is 7.14. The minimum absolute atomic E-state index is 0.337. The molecule has 23 heavy (non-hydrogen) atoms. The van der Waals surface area contributed by atoms with Crippen LogP contribution < -0.4 is 8.61 Å². The number of halogens is 3. The van der Waals surface area contributed by atoms with Crippen LogP contribution in [-0.4, -0.2) is 25.1 Å². The molecule has 0 radical (unpaired) electrons. The Morgan fingerprint density at radius 2 is 1.87 bits per heavy atom. The Morgan fingerprint density at radius 3 is 2.61 bits per heavy atom. The van der Waals surface area contributed by atoms with Gasteiger partial charge in [0.15, 0.2) is 0 Å². The molecule has 1 heterocycles. The van der Waals surface area contributed by atoms with Crippen LogP contribution in [0.3, 0.4) is 0 Å². The van der Waals surface area contributed by atoms with Crippen molar-refractivity contribution in [3.63, 3.8) is 0 Å². The lowest BCUT2D eigenvalue weighted by molar-refractivity contribution is 0.159. The van der Waals surface area contributed by atoms with Crippen LogP contribution in [-0.2, 0) is 4.74 Å². The van der Waals surface area contributed by atoms with Gasteiger partial charge < -0.3 is 4.74 Å². The van der Waals surface area contributed by atoms with Crippen molar-refractivity contribution in [1.82, 2.24) is 0 Å². The Kier molecular flexibility index (Phi) is 5.69. The SMILES string of the molecule is Fc1ccc(N2SN(CCOCCBr)c3ccccc32)c(Cl)c1. The number of hydrogen-bond donors (Lipinski definition) is 0. The fourth-order valence-corrected chi connectivity index (χ4v) is 3.93. The van der Waals surface area contributed by atoms with Gasteiger partial charge in [-0.15, -0.1) is 0 Å². The maximum Gasteiger partial charge on any atom is 0.124 e. The summed E-state index contributed by atoms with van der Waals surface area (Å²) < 4.78 is 23.0. The van der Waals surface area contributed by atoms with E-state index in [1.54, 1.807) is 6.07 Å². The summed E-state index contributed by atoms with van der Waals surface area (Å²) in [5.74, 6) is -0.337. The van der Waals surface area contributed by atoms with Crippen LogP contribution in [0.1, 0.15) is 0 Å². The normalized spacial score (nSPS) is 13.5. The first kappa shape index (κ1) is 16.9. The van der Waals surface area contributed by atoms with Gasteiger partial charge in [0.25, 0.3) is 0 Å². The van der Waals surface area contributed by atoms with Gasteiger partial charge in [-0.25, -0.2) is 4.39 Å². The largest absolute Gasteiger partial charge is 0.379 e. The molecular formula is C16H15BrClFN2OS. The highest BCUT2D eigenvalue weighted by molar-refractivity contribution is 9.09. The number of hydrogen-bond acceptors (Lipinski definition) is 4. The summed E-state index contributed by atoms with van der Waals surface area (Å²) >= 11 is 11.1. The Bertz CT molecular complexity index is 691. The van der Waals surface area contributed by atoms with E-state index >= 15 is 0 Å². The highest BCUT2D eigenvalue weighted by atomic mass is 79.9. The van der Waals surface area contributed by atoms with Crippen molar-refractivity contribution in [2.75, 3.05) is 33.7 Å². The zero-order valence-electron chi connectivity index (χ0n) is 12.2. The molecule has 0 aliphatic carbocycles. The molecule has 122 valence electrons. The van der Waals surface area contributed by atoms with Crippen molar-refractivity contribution in [3.8, 4) is 0 Å². The van der Waals surface area contributed by atoms with Crippen molar-refractivity contribution >= 4 is 56.7 Å². The molecule has 2 aromatic rings. The maximum absolute atomic E-state index is 13.3. The Balaban J connectivity index is 1.83. The molecule has 0 saturated heterocycles. The summed E-state index contributed by atoms with van der Waals surface area (Å²) in [6, 6.07) is 12.5. The second kappa shape index (κ2) is 7.75. The molecule has 0 unspecified atom stereocenters. The van der Waals surface area contributed by atoms with E-state index in [1.807, 2.05) is 22.5 Å². The molecule has 0 aromatic heterocycles. The minimum atomic E-state index is -0.337. The van der Waals surface area contributed by atoms with E-state index in [9.17, 15) is 4.39 Å². The zero-order valence-corrected chi connectivity index (χ0v) is 15.4. The molecule has 0 fully saturated rings. The average Bonchev–Trinajstić information content (AvgIpc) is 2.91. The second-order valence-corrected chi connectivity index (χ2v) is 7.03. The number of benzene rings is 2. The smallest absolute Gasteiger partial charge is 0.124 e. The molecule has 7 heteroatoms. The highest BCUT2D eigenvalue weighted by Crippen LogP contribution is 2.50. The van der Waals surface area contributed by atoms with Gasteiger partial charge >= 0.3 is 0 Å². The van der Waals surface area contributed by atoms with Gasteiger partial charge in [-0.3, -0.25) is 8.61 Å². The van der Waals surface area contributed by atoms with Crippen molar-refractivity contribution in [1.29, 1.82) is 0 Å². The lowest BCUT2D eigenvalue weighted by Crippen LogP contribution is -2.19. The lowest BCUT2D eigenvalue weighted by atomic mass is 10.2. The van der Waals surface area contributed by atoms with E-state index in [-0.39, 0.29) is 5.82 Å². The molecular weight excluding hydrogens is 403 g/mol. The van der Waals surface area contributed by atoms with E-state index in [4.69, 9.17) is 16.3 Å². The van der Waals surface area contributed by atoms with Crippen molar-refractivity contribution in [3.05, 3.63) is 53.3 Å². The van der Waals surface area contributed by atoms with E-state index in [2.05, 4.69) is 26.3 Å². The van der Waals surface area contributed by atoms with Gasteiger partial charge in [0.2, 0.25) is 0 Å². The van der Waals surface area contributed by atoms with Crippen LogP contribution in [0.25, 0.3) is 0 Å². The number of fused-ring (bicyclic) bond motifs is 1. The molecule has 0 spiro atoms. The number of nitrogens with zero attached hydrogens (tertiary/aromatic N) is 2. The van der Waals surface area contributed by atoms with Crippen molar-refractivity contribution < 1.29 is 9.13 Å². The van der Waals surface area contributed by atoms with Crippen LogP contribution in [0.5, 0.6) is 0 Å². The third-order valence-corrected chi connectivity index (χ3v) is 5.10. The quantitative estimate of drug-likeness (QED) is 0.354. The van der Waals surface area contributed by atoms with Crippen LogP contribution in [0.15, 0.2) is 42.5 Å². The molecule has 0 amide bonds. The Hall–Kier alpha value is -0.950. The average molecular weight is 418 g/mol. The van der Waals surface area contributed by atoms with Gasteiger partial charge in [-0.05, 0) is 30.3 Å². The van der Waals surface area contributed by atoms with Gasteiger partial charge in [-0.2, -0.15) is 0 Å². The first-order valence-corrected chi connectivity index (χ1v) is 9.37. The predicted octanol–water partition coefficient (Wildman–Crippen LogP) is 5.41. The first-order chi connectivity index (χ1) is 11.2. The van der Waals surface area contributed by atoms with Crippen molar-refractivity contribution in [2.45, 2.75) is 0 Å². The topological polar surface area (TPSA) is 15.7 Å². The van der Waals surface area contributed by atoms with Gasteiger partial charge in [0, 0.05) is 5.33 Å². The summed E-state index contributed by atoms with van der Waals surface area (Å²) in [6.07, 6.45) is 0. The standard InChI is InChI=1S/C16H15BrClFN2OS/c17-7-9-22-10-8-20-15-3-1-2-4-16(15)21(23-20)14-6-5-12(19)11-13(14)18/h1-6,11H,7-10H2. The van der Waals surface area contributed by atoms with Gasteiger partial charge in [-0.1, -0.05) is 39.7 Å².